The van der Waals surface area contributed by atoms with Gasteiger partial charge in [0.2, 0.25) is 0 Å². The maximum atomic E-state index is 13.0. The molecule has 2 heterocycles. The third-order valence-electron chi connectivity index (χ3n) is 5.16. The highest BCUT2D eigenvalue weighted by Gasteiger charge is 2.39. The van der Waals surface area contributed by atoms with Crippen LogP contribution in [0.4, 0.5) is 9.18 Å². The molecule has 5 nitrogen and oxygen atoms in total. The van der Waals surface area contributed by atoms with Gasteiger partial charge in [-0.15, -0.1) is 0 Å². The number of halogens is 1. The lowest BCUT2D eigenvalue weighted by Gasteiger charge is -2.18. The second-order valence-electron chi connectivity index (χ2n) is 6.78. The van der Waals surface area contributed by atoms with Gasteiger partial charge in [0.05, 0.1) is 6.61 Å². The van der Waals surface area contributed by atoms with E-state index >= 15 is 0 Å². The second kappa shape index (κ2) is 6.86. The summed E-state index contributed by atoms with van der Waals surface area (Å²) in [6.45, 7) is 1.88. The molecule has 2 atom stereocenters. The molecule has 26 heavy (non-hydrogen) atoms. The smallest absolute Gasteiger partial charge is 0.407 e. The van der Waals surface area contributed by atoms with Gasteiger partial charge in [0, 0.05) is 24.6 Å². The second-order valence-corrected chi connectivity index (χ2v) is 6.78. The van der Waals surface area contributed by atoms with E-state index in [4.69, 9.17) is 9.47 Å². The van der Waals surface area contributed by atoms with Gasteiger partial charge in [0.25, 0.3) is 0 Å². The molecule has 2 aliphatic rings. The maximum Gasteiger partial charge on any atom is 0.407 e. The summed E-state index contributed by atoms with van der Waals surface area (Å²) in [4.78, 5) is 12.8. The molecule has 0 radical (unpaired) electrons. The van der Waals surface area contributed by atoms with Crippen LogP contribution in [0, 0.1) is 11.7 Å². The van der Waals surface area contributed by atoms with Crippen LogP contribution in [0.3, 0.4) is 0 Å². The van der Waals surface area contributed by atoms with Crippen LogP contribution >= 0.6 is 0 Å². The lowest BCUT2D eigenvalue weighted by atomic mass is 9.87. The fourth-order valence-electron chi connectivity index (χ4n) is 3.82. The van der Waals surface area contributed by atoms with Crippen LogP contribution in [0.5, 0.6) is 11.5 Å². The van der Waals surface area contributed by atoms with E-state index in [0.717, 1.165) is 17.5 Å². The van der Waals surface area contributed by atoms with Gasteiger partial charge in [-0.2, -0.15) is 0 Å². The molecule has 136 valence electrons. The molecule has 1 unspecified atom stereocenters. The number of para-hydroxylation sites is 1. The quantitative estimate of drug-likeness (QED) is 0.906. The molecule has 2 aromatic carbocycles. The van der Waals surface area contributed by atoms with Gasteiger partial charge in [-0.25, -0.2) is 9.18 Å². The number of fused-ring (bicyclic) bond motifs is 3. The van der Waals surface area contributed by atoms with Crippen LogP contribution in [-0.2, 0) is 6.61 Å². The van der Waals surface area contributed by atoms with Crippen molar-refractivity contribution in [3.63, 3.8) is 0 Å². The Kier molecular flexibility index (Phi) is 4.41. The summed E-state index contributed by atoms with van der Waals surface area (Å²) in [6.07, 6.45) is -0.0511. The Morgan fingerprint density at radius 3 is 2.81 bits per heavy atom. The fraction of sp³-hybridized carbons (Fsp3) is 0.350. The minimum absolute atomic E-state index is 0.123. The Labute approximate surface area is 151 Å². The highest BCUT2D eigenvalue weighted by molar-refractivity contribution is 5.66. The first-order valence-corrected chi connectivity index (χ1v) is 8.72. The van der Waals surface area contributed by atoms with Gasteiger partial charge in [-0.3, -0.25) is 0 Å². The number of likely N-dealkylation sites (tertiary alicyclic amines) is 1. The largest absolute Gasteiger partial charge is 0.489 e. The zero-order valence-corrected chi connectivity index (χ0v) is 14.2. The number of nitrogens with zero attached hydrogens (tertiary/aromatic N) is 1. The van der Waals surface area contributed by atoms with E-state index < -0.39 is 6.09 Å². The molecule has 2 aliphatic heterocycles. The molecule has 0 aliphatic carbocycles. The Bertz CT molecular complexity index is 808. The number of hydrogen-bond acceptors (Lipinski definition) is 3. The van der Waals surface area contributed by atoms with Gasteiger partial charge < -0.3 is 19.5 Å². The summed E-state index contributed by atoms with van der Waals surface area (Å²) < 4.78 is 24.9. The highest BCUT2D eigenvalue weighted by atomic mass is 19.1. The first-order chi connectivity index (χ1) is 12.6. The van der Waals surface area contributed by atoms with Crippen LogP contribution in [-0.4, -0.2) is 35.8 Å². The molecule has 2 aromatic rings. The van der Waals surface area contributed by atoms with Gasteiger partial charge >= 0.3 is 6.09 Å². The molecule has 0 bridgehead atoms. The van der Waals surface area contributed by atoms with Gasteiger partial charge in [0.15, 0.2) is 11.5 Å². The van der Waals surface area contributed by atoms with Gasteiger partial charge in [-0.05, 0) is 36.1 Å². The van der Waals surface area contributed by atoms with Crippen molar-refractivity contribution in [3.8, 4) is 11.5 Å². The van der Waals surface area contributed by atoms with Crippen LogP contribution in [0.25, 0.3) is 0 Å². The summed E-state index contributed by atoms with van der Waals surface area (Å²) >= 11 is 0. The van der Waals surface area contributed by atoms with E-state index in [0.29, 0.717) is 37.8 Å². The normalized spacial score (nSPS) is 21.3. The number of carboxylic acid groups (broad SMARTS) is 1. The number of amides is 1. The molecule has 6 heteroatoms. The predicted molar refractivity (Wildman–Crippen MR) is 93.1 cm³/mol. The van der Waals surface area contributed by atoms with E-state index in [2.05, 4.69) is 0 Å². The summed E-state index contributed by atoms with van der Waals surface area (Å²) in [5, 5.41) is 9.31. The minimum Gasteiger partial charge on any atom is -0.489 e. The minimum atomic E-state index is -0.871. The standard InChI is InChI=1S/C20H20FNO4/c21-15-6-4-13(5-7-15)12-26-18-3-1-2-16-17-11-22(20(23)24)10-14(17)8-9-25-19(16)18/h1-7,14,17H,8-12H2,(H,23,24)/t14?,17-/m0/s1. The summed E-state index contributed by atoms with van der Waals surface area (Å²) in [6, 6.07) is 12.0. The van der Waals surface area contributed by atoms with Crippen molar-refractivity contribution in [2.75, 3.05) is 19.7 Å². The van der Waals surface area contributed by atoms with E-state index in [1.165, 1.54) is 17.0 Å². The number of ether oxygens (including phenoxy) is 2. The van der Waals surface area contributed by atoms with Crippen molar-refractivity contribution in [2.24, 2.45) is 5.92 Å². The van der Waals surface area contributed by atoms with Crippen LogP contribution < -0.4 is 9.47 Å². The van der Waals surface area contributed by atoms with Crippen LogP contribution in [0.1, 0.15) is 23.5 Å². The zero-order valence-electron chi connectivity index (χ0n) is 14.2. The Balaban J connectivity index is 1.57. The summed E-state index contributed by atoms with van der Waals surface area (Å²) in [5.41, 5.74) is 1.88. The fourth-order valence-corrected chi connectivity index (χ4v) is 3.82. The average molecular weight is 357 g/mol. The molecule has 0 saturated carbocycles. The molecule has 1 fully saturated rings. The number of carbonyl (C=O) groups is 1. The Morgan fingerprint density at radius 1 is 1.23 bits per heavy atom. The monoisotopic (exact) mass is 357 g/mol. The molecule has 4 rings (SSSR count). The molecule has 1 N–H and O–H groups in total. The SMILES string of the molecule is O=C(O)N1CC2CCOc3c(OCc4ccc(F)cc4)cccc3[C@H]2C1. The summed E-state index contributed by atoms with van der Waals surface area (Å²) in [7, 11) is 0. The number of benzene rings is 2. The average Bonchev–Trinajstić information content (AvgIpc) is 2.98. The van der Waals surface area contributed by atoms with Gasteiger partial charge in [-0.1, -0.05) is 24.3 Å². The van der Waals surface area contributed by atoms with E-state index in [9.17, 15) is 14.3 Å². The molecule has 1 amide bonds. The first-order valence-electron chi connectivity index (χ1n) is 8.72. The molecular weight excluding hydrogens is 337 g/mol. The first kappa shape index (κ1) is 16.7. The molecule has 0 spiro atoms. The van der Waals surface area contributed by atoms with Crippen molar-refractivity contribution < 1.29 is 23.8 Å². The molecule has 1 saturated heterocycles. The molecule has 0 aromatic heterocycles. The number of hydrogen-bond donors (Lipinski definition) is 1. The maximum absolute atomic E-state index is 13.0. The van der Waals surface area contributed by atoms with Crippen LogP contribution in [0.2, 0.25) is 0 Å². The third-order valence-corrected chi connectivity index (χ3v) is 5.16. The van der Waals surface area contributed by atoms with Crippen molar-refractivity contribution in [1.82, 2.24) is 4.90 Å². The predicted octanol–water partition coefficient (Wildman–Crippen LogP) is 3.88. The number of rotatable bonds is 3. The van der Waals surface area contributed by atoms with Gasteiger partial charge in [0.1, 0.15) is 12.4 Å². The van der Waals surface area contributed by atoms with Crippen LogP contribution in [0.15, 0.2) is 42.5 Å². The van der Waals surface area contributed by atoms with E-state index in [1.807, 2.05) is 18.2 Å². The van der Waals surface area contributed by atoms with Crippen molar-refractivity contribution in [2.45, 2.75) is 18.9 Å². The lowest BCUT2D eigenvalue weighted by molar-refractivity contribution is 0.152. The highest BCUT2D eigenvalue weighted by Crippen LogP contribution is 2.45. The zero-order chi connectivity index (χ0) is 18.1. The van der Waals surface area contributed by atoms with E-state index in [1.54, 1.807) is 12.1 Å². The lowest BCUT2D eigenvalue weighted by Crippen LogP contribution is -2.27. The molecular formula is C20H20FNO4. The Morgan fingerprint density at radius 2 is 2.04 bits per heavy atom. The van der Waals surface area contributed by atoms with E-state index in [-0.39, 0.29) is 17.7 Å². The third kappa shape index (κ3) is 3.19. The van der Waals surface area contributed by atoms with Crippen molar-refractivity contribution in [3.05, 3.63) is 59.4 Å². The topological polar surface area (TPSA) is 59.0 Å². The Hall–Kier alpha value is -2.76. The summed E-state index contributed by atoms with van der Waals surface area (Å²) in [5.74, 6) is 1.45. The van der Waals surface area contributed by atoms with Crippen molar-refractivity contribution >= 4 is 6.09 Å². The van der Waals surface area contributed by atoms with Crippen molar-refractivity contribution in [1.29, 1.82) is 0 Å².